The monoisotopic (exact) mass is 350 g/mol. The second kappa shape index (κ2) is 9.94. The second-order valence-electron chi connectivity index (χ2n) is 6.62. The Kier molecular flexibility index (Phi) is 7.92. The summed E-state index contributed by atoms with van der Waals surface area (Å²) in [5.41, 5.74) is 1.25. The van der Waals surface area contributed by atoms with Crippen molar-refractivity contribution in [3.63, 3.8) is 0 Å². The van der Waals surface area contributed by atoms with Gasteiger partial charge in [-0.1, -0.05) is 12.1 Å². The Balaban J connectivity index is 1.90. The molecule has 0 atom stereocenters. The van der Waals surface area contributed by atoms with Gasteiger partial charge in [-0.3, -0.25) is 4.79 Å². The van der Waals surface area contributed by atoms with Crippen LogP contribution in [0.5, 0.6) is 5.75 Å². The molecule has 1 aliphatic heterocycles. The molecule has 1 saturated heterocycles. The molecule has 1 aliphatic rings. The van der Waals surface area contributed by atoms with Crippen LogP contribution in [0, 0.1) is 5.92 Å². The molecule has 1 aromatic carbocycles. The standard InChI is InChI=1S/C19H30N2O2S/c1-20-11-8-17(9-12-20)14-21(19(22)15-24-3)13-10-16-4-6-18(23-2)7-5-16/h4-7,17H,8-15H2,1-3H3. The average molecular weight is 351 g/mol. The number of carbonyl (C=O) groups excluding carboxylic acids is 1. The first-order valence-electron chi connectivity index (χ1n) is 8.70. The maximum atomic E-state index is 12.5. The van der Waals surface area contributed by atoms with E-state index in [4.69, 9.17) is 4.74 Å². The summed E-state index contributed by atoms with van der Waals surface area (Å²) in [7, 11) is 3.86. The largest absolute Gasteiger partial charge is 0.497 e. The van der Waals surface area contributed by atoms with E-state index < -0.39 is 0 Å². The molecule has 1 heterocycles. The van der Waals surface area contributed by atoms with Crippen molar-refractivity contribution in [2.24, 2.45) is 5.92 Å². The summed E-state index contributed by atoms with van der Waals surface area (Å²) < 4.78 is 5.20. The predicted octanol–water partition coefficient (Wildman–Crippen LogP) is 2.77. The lowest BCUT2D eigenvalue weighted by molar-refractivity contribution is -0.129. The lowest BCUT2D eigenvalue weighted by Gasteiger charge is -2.33. The number of carbonyl (C=O) groups is 1. The SMILES string of the molecule is COc1ccc(CCN(CC2CCN(C)CC2)C(=O)CSC)cc1. The van der Waals surface area contributed by atoms with Gasteiger partial charge in [0.1, 0.15) is 5.75 Å². The Labute approximate surface area is 150 Å². The van der Waals surface area contributed by atoms with E-state index in [9.17, 15) is 4.79 Å². The number of piperidine rings is 1. The first kappa shape index (κ1) is 19.1. The van der Waals surface area contributed by atoms with Crippen LogP contribution in [0.25, 0.3) is 0 Å². The minimum Gasteiger partial charge on any atom is -0.497 e. The fraction of sp³-hybridized carbons (Fsp3) is 0.632. The molecular formula is C19H30N2O2S. The molecule has 5 heteroatoms. The van der Waals surface area contributed by atoms with Crippen LogP contribution in [0.4, 0.5) is 0 Å². The van der Waals surface area contributed by atoms with E-state index in [1.54, 1.807) is 18.9 Å². The van der Waals surface area contributed by atoms with Crippen molar-refractivity contribution in [1.82, 2.24) is 9.80 Å². The highest BCUT2D eigenvalue weighted by molar-refractivity contribution is 7.99. The van der Waals surface area contributed by atoms with Crippen molar-refractivity contribution in [2.45, 2.75) is 19.3 Å². The molecule has 1 aromatic rings. The van der Waals surface area contributed by atoms with Crippen LogP contribution in [0.1, 0.15) is 18.4 Å². The van der Waals surface area contributed by atoms with Crippen LogP contribution in [0.3, 0.4) is 0 Å². The fourth-order valence-corrected chi connectivity index (χ4v) is 3.57. The number of nitrogens with zero attached hydrogens (tertiary/aromatic N) is 2. The predicted molar refractivity (Wildman–Crippen MR) is 102 cm³/mol. The first-order valence-corrected chi connectivity index (χ1v) is 10.1. The third kappa shape index (κ3) is 6.02. The van der Waals surface area contributed by atoms with Gasteiger partial charge in [0, 0.05) is 13.1 Å². The first-order chi connectivity index (χ1) is 11.6. The molecule has 0 unspecified atom stereocenters. The Morgan fingerprint density at radius 1 is 1.29 bits per heavy atom. The van der Waals surface area contributed by atoms with E-state index >= 15 is 0 Å². The smallest absolute Gasteiger partial charge is 0.232 e. The molecule has 1 fully saturated rings. The lowest BCUT2D eigenvalue weighted by Crippen LogP contribution is -2.41. The molecule has 0 aromatic heterocycles. The van der Waals surface area contributed by atoms with Gasteiger partial charge in [-0.25, -0.2) is 0 Å². The maximum absolute atomic E-state index is 12.5. The quantitative estimate of drug-likeness (QED) is 0.722. The van der Waals surface area contributed by atoms with Gasteiger partial charge in [-0.15, -0.1) is 0 Å². The summed E-state index contributed by atoms with van der Waals surface area (Å²) >= 11 is 1.61. The van der Waals surface area contributed by atoms with Crippen molar-refractivity contribution < 1.29 is 9.53 Å². The van der Waals surface area contributed by atoms with Crippen LogP contribution in [-0.4, -0.2) is 68.1 Å². The molecule has 134 valence electrons. The maximum Gasteiger partial charge on any atom is 0.232 e. The normalized spacial score (nSPS) is 16.1. The Hall–Kier alpha value is -1.20. The summed E-state index contributed by atoms with van der Waals surface area (Å²) in [6.07, 6.45) is 5.29. The minimum atomic E-state index is 0.273. The highest BCUT2D eigenvalue weighted by Gasteiger charge is 2.22. The second-order valence-corrected chi connectivity index (χ2v) is 7.48. The van der Waals surface area contributed by atoms with Crippen molar-refractivity contribution in [3.8, 4) is 5.75 Å². The molecule has 0 aliphatic carbocycles. The molecule has 0 saturated carbocycles. The fourth-order valence-electron chi connectivity index (χ4n) is 3.15. The zero-order valence-corrected chi connectivity index (χ0v) is 16.0. The van der Waals surface area contributed by atoms with Gasteiger partial charge >= 0.3 is 0 Å². The molecule has 0 N–H and O–H groups in total. The summed E-state index contributed by atoms with van der Waals surface area (Å²) in [5, 5.41) is 0. The van der Waals surface area contributed by atoms with Gasteiger partial charge in [-0.2, -0.15) is 11.8 Å². The number of benzene rings is 1. The number of hydrogen-bond donors (Lipinski definition) is 0. The third-order valence-electron chi connectivity index (χ3n) is 4.77. The van der Waals surface area contributed by atoms with Gasteiger partial charge < -0.3 is 14.5 Å². The molecule has 2 rings (SSSR count). The molecule has 24 heavy (non-hydrogen) atoms. The molecule has 4 nitrogen and oxygen atoms in total. The number of hydrogen-bond acceptors (Lipinski definition) is 4. The Morgan fingerprint density at radius 3 is 2.54 bits per heavy atom. The van der Waals surface area contributed by atoms with E-state index in [1.807, 2.05) is 18.4 Å². The minimum absolute atomic E-state index is 0.273. The van der Waals surface area contributed by atoms with Crippen LogP contribution < -0.4 is 4.74 Å². The molecular weight excluding hydrogens is 320 g/mol. The van der Waals surface area contributed by atoms with Gasteiger partial charge in [0.05, 0.1) is 12.9 Å². The highest BCUT2D eigenvalue weighted by atomic mass is 32.2. The molecule has 1 amide bonds. The molecule has 0 spiro atoms. The number of thioether (sulfide) groups is 1. The van der Waals surface area contributed by atoms with Gasteiger partial charge in [-0.05, 0) is 69.3 Å². The summed E-state index contributed by atoms with van der Waals surface area (Å²) in [4.78, 5) is 16.9. The van der Waals surface area contributed by atoms with Crippen LogP contribution in [0.2, 0.25) is 0 Å². The van der Waals surface area contributed by atoms with Gasteiger partial charge in [0.2, 0.25) is 5.91 Å². The topological polar surface area (TPSA) is 32.8 Å². The number of rotatable bonds is 8. The van der Waals surface area contributed by atoms with Crippen molar-refractivity contribution in [3.05, 3.63) is 29.8 Å². The van der Waals surface area contributed by atoms with Crippen molar-refractivity contribution >= 4 is 17.7 Å². The van der Waals surface area contributed by atoms with Crippen molar-refractivity contribution in [1.29, 1.82) is 0 Å². The van der Waals surface area contributed by atoms with Crippen LogP contribution >= 0.6 is 11.8 Å². The summed E-state index contributed by atoms with van der Waals surface area (Å²) in [6, 6.07) is 8.15. The molecule has 0 bridgehead atoms. The summed E-state index contributed by atoms with van der Waals surface area (Å²) in [6.45, 7) is 4.00. The van der Waals surface area contributed by atoms with Gasteiger partial charge in [0.15, 0.2) is 0 Å². The van der Waals surface area contributed by atoms with Crippen molar-refractivity contribution in [2.75, 3.05) is 52.3 Å². The number of amides is 1. The Bertz CT molecular complexity index is 499. The van der Waals surface area contributed by atoms with E-state index in [-0.39, 0.29) is 5.91 Å². The van der Waals surface area contributed by atoms with Crippen LogP contribution in [0.15, 0.2) is 24.3 Å². The average Bonchev–Trinajstić information content (AvgIpc) is 2.61. The number of likely N-dealkylation sites (tertiary alicyclic amines) is 1. The molecule has 0 radical (unpaired) electrons. The van der Waals surface area contributed by atoms with E-state index in [0.29, 0.717) is 11.7 Å². The van der Waals surface area contributed by atoms with Gasteiger partial charge in [0.25, 0.3) is 0 Å². The Morgan fingerprint density at radius 2 is 1.96 bits per heavy atom. The van der Waals surface area contributed by atoms with E-state index in [2.05, 4.69) is 29.0 Å². The highest BCUT2D eigenvalue weighted by Crippen LogP contribution is 2.19. The van der Waals surface area contributed by atoms with E-state index in [0.717, 1.165) is 38.3 Å². The lowest BCUT2D eigenvalue weighted by atomic mass is 9.96. The number of methoxy groups -OCH3 is 1. The zero-order valence-electron chi connectivity index (χ0n) is 15.2. The number of ether oxygens (including phenoxy) is 1. The third-order valence-corrected chi connectivity index (χ3v) is 5.30. The summed E-state index contributed by atoms with van der Waals surface area (Å²) in [5.74, 6) is 2.37. The van der Waals surface area contributed by atoms with E-state index in [1.165, 1.54) is 18.4 Å². The van der Waals surface area contributed by atoms with Crippen LogP contribution in [-0.2, 0) is 11.2 Å². The zero-order chi connectivity index (χ0) is 17.4.